The number of nitrogens with one attached hydrogen (secondary N) is 2. The van der Waals surface area contributed by atoms with E-state index in [1.165, 1.54) is 175 Å². The minimum atomic E-state index is -2.96. The van der Waals surface area contributed by atoms with Gasteiger partial charge in [0, 0.05) is 0 Å². The van der Waals surface area contributed by atoms with Gasteiger partial charge >= 0.3 is 279 Å². The molecular formula is C33H70N9P3+2. The Bertz CT molecular complexity index is 968. The molecule has 7 aliphatic rings. The van der Waals surface area contributed by atoms with Crippen LogP contribution >= 0.6 is 22.9 Å². The Hall–Kier alpha value is 0.930. The van der Waals surface area contributed by atoms with Gasteiger partial charge in [-0.25, -0.2) is 0 Å². The molecular weight excluding hydrogens is 615 g/mol. The van der Waals surface area contributed by atoms with Gasteiger partial charge in [0.1, 0.15) is 0 Å². The summed E-state index contributed by atoms with van der Waals surface area (Å²) in [4.78, 5) is 10.0. The van der Waals surface area contributed by atoms with E-state index in [2.05, 4.69) is 60.0 Å². The first kappa shape index (κ1) is 34.4. The molecule has 260 valence electrons. The Morgan fingerprint density at radius 1 is 0.578 bits per heavy atom. The van der Waals surface area contributed by atoms with Gasteiger partial charge in [-0.1, -0.05) is 0 Å². The molecule has 0 aromatic rings. The first-order valence-electron chi connectivity index (χ1n) is 19.5. The maximum atomic E-state index is 5.02. The van der Waals surface area contributed by atoms with E-state index in [0.29, 0.717) is 0 Å². The monoisotopic (exact) mass is 685 g/mol. The fourth-order valence-corrected chi connectivity index (χ4v) is 32.9. The molecule has 0 aliphatic carbocycles. The van der Waals surface area contributed by atoms with Crippen LogP contribution in [-0.2, 0) is 0 Å². The summed E-state index contributed by atoms with van der Waals surface area (Å²) in [5.41, 5.74) is 0. The van der Waals surface area contributed by atoms with Crippen LogP contribution in [0.3, 0.4) is 0 Å². The summed E-state index contributed by atoms with van der Waals surface area (Å²) in [5, 5.41) is 0. The van der Waals surface area contributed by atoms with Crippen LogP contribution in [0, 0.1) is 11.8 Å². The van der Waals surface area contributed by atoms with Crippen LogP contribution in [0.4, 0.5) is 0 Å². The number of hydrogen-bond acceptors (Lipinski definition) is 9. The minimum absolute atomic E-state index is 0.849. The van der Waals surface area contributed by atoms with Crippen molar-refractivity contribution in [3.05, 3.63) is 0 Å². The molecule has 2 N–H and O–H groups in total. The van der Waals surface area contributed by atoms with Crippen LogP contribution in [0.25, 0.3) is 0 Å². The molecule has 9 nitrogen and oxygen atoms in total. The van der Waals surface area contributed by atoms with Crippen LogP contribution < -0.4 is 9.72 Å². The Balaban J connectivity index is 1.41. The maximum absolute atomic E-state index is 5.02. The standard InChI is InChI=1S/C33H70N9P3/c1-5-6-15-33-18-30-40(31-19-33)44(38-22-9-10-23-38)35-45(4,41-24-11-12-25-41,42-26-13-14-27-42)34-43(36(44)3,37-20-7-8-21-37)39-28-16-32(2)17-29-39/h32-35H,5-31H2,1-4H3/q+2. The molecule has 2 unspecified atom stereocenters. The third-order valence-corrected chi connectivity index (χ3v) is 30.6. The molecule has 0 bridgehead atoms. The van der Waals surface area contributed by atoms with E-state index in [9.17, 15) is 0 Å². The van der Waals surface area contributed by atoms with E-state index in [0.717, 1.165) is 11.8 Å². The molecule has 7 fully saturated rings. The van der Waals surface area contributed by atoms with Crippen molar-refractivity contribution < 1.29 is 0 Å². The molecule has 0 amide bonds. The van der Waals surface area contributed by atoms with Crippen molar-refractivity contribution in [1.29, 1.82) is 0 Å². The average molecular weight is 686 g/mol. The molecule has 0 aromatic carbocycles. The molecule has 7 aliphatic heterocycles. The van der Waals surface area contributed by atoms with Gasteiger partial charge in [-0.3, -0.25) is 0 Å². The summed E-state index contributed by atoms with van der Waals surface area (Å²) in [6.07, 6.45) is 20.5. The topological polar surface area (TPSA) is 46.7 Å². The number of rotatable bonds is 9. The third-order valence-electron chi connectivity index (χ3n) is 13.2. The molecule has 2 atom stereocenters. The quantitative estimate of drug-likeness (QED) is 0.243. The van der Waals surface area contributed by atoms with E-state index in [1.54, 1.807) is 0 Å². The van der Waals surface area contributed by atoms with E-state index in [4.69, 9.17) is 9.72 Å². The molecule has 7 heterocycles. The van der Waals surface area contributed by atoms with Crippen LogP contribution in [0.15, 0.2) is 0 Å². The number of unbranched alkanes of at least 4 members (excludes halogenated alkanes) is 1. The van der Waals surface area contributed by atoms with Crippen LogP contribution in [0.1, 0.15) is 110 Å². The van der Waals surface area contributed by atoms with Crippen LogP contribution in [-0.4, -0.2) is 125 Å². The summed E-state index contributed by atoms with van der Waals surface area (Å²) in [6.45, 7) is 22.9. The molecule has 12 heteroatoms. The Kier molecular flexibility index (Phi) is 10.6. The van der Waals surface area contributed by atoms with Crippen molar-refractivity contribution in [3.63, 3.8) is 0 Å². The first-order valence-corrected chi connectivity index (χ1v) is 25.4. The predicted molar refractivity (Wildman–Crippen MR) is 198 cm³/mol. The fraction of sp³-hybridized carbons (Fsp3) is 1.00. The second kappa shape index (κ2) is 13.9. The molecule has 45 heavy (non-hydrogen) atoms. The summed E-state index contributed by atoms with van der Waals surface area (Å²) < 4.78 is 21.7. The van der Waals surface area contributed by atoms with E-state index < -0.39 is 22.9 Å². The van der Waals surface area contributed by atoms with Crippen LogP contribution in [0.2, 0.25) is 0 Å². The molecule has 7 rings (SSSR count). The van der Waals surface area contributed by atoms with Gasteiger partial charge in [0.25, 0.3) is 0 Å². The summed E-state index contributed by atoms with van der Waals surface area (Å²) in [6, 6.07) is 0. The van der Waals surface area contributed by atoms with Crippen LogP contribution in [0.5, 0.6) is 0 Å². The van der Waals surface area contributed by atoms with E-state index in [-0.39, 0.29) is 0 Å². The van der Waals surface area contributed by atoms with Gasteiger partial charge in [-0.2, -0.15) is 0 Å². The molecule has 0 aromatic heterocycles. The van der Waals surface area contributed by atoms with Gasteiger partial charge < -0.3 is 0 Å². The van der Waals surface area contributed by atoms with Crippen molar-refractivity contribution in [1.82, 2.24) is 42.2 Å². The van der Waals surface area contributed by atoms with Gasteiger partial charge in [0.2, 0.25) is 0 Å². The summed E-state index contributed by atoms with van der Waals surface area (Å²) >= 11 is 0. The molecule has 0 spiro atoms. The van der Waals surface area contributed by atoms with Crippen molar-refractivity contribution in [2.75, 3.05) is 92.2 Å². The van der Waals surface area contributed by atoms with E-state index in [1.807, 2.05) is 0 Å². The van der Waals surface area contributed by atoms with Crippen molar-refractivity contribution in [3.8, 4) is 0 Å². The second-order valence-corrected chi connectivity index (χ2v) is 27.8. The Morgan fingerprint density at radius 3 is 1.38 bits per heavy atom. The van der Waals surface area contributed by atoms with Crippen molar-refractivity contribution in [2.24, 2.45) is 11.8 Å². The summed E-state index contributed by atoms with van der Waals surface area (Å²) in [7, 11) is -4.46. The zero-order chi connectivity index (χ0) is 31.1. The van der Waals surface area contributed by atoms with Gasteiger partial charge in [0.15, 0.2) is 0 Å². The van der Waals surface area contributed by atoms with E-state index >= 15 is 0 Å². The number of nitrogens with zero attached hydrogens (tertiary/aromatic N) is 7. The Morgan fingerprint density at radius 2 is 0.956 bits per heavy atom. The number of piperidine rings is 2. The predicted octanol–water partition coefficient (Wildman–Crippen LogP) is 7.33. The zero-order valence-electron chi connectivity index (χ0n) is 29.7. The normalized spacial score (nSPS) is 38.7. The van der Waals surface area contributed by atoms with Gasteiger partial charge in [-0.05, 0) is 0 Å². The first-order chi connectivity index (χ1) is 21.8. The molecule has 0 saturated carbocycles. The van der Waals surface area contributed by atoms with Crippen molar-refractivity contribution in [2.45, 2.75) is 110 Å². The molecule has 0 radical (unpaired) electrons. The van der Waals surface area contributed by atoms with Crippen molar-refractivity contribution >= 4 is 22.9 Å². The zero-order valence-corrected chi connectivity index (χ0v) is 32.4. The number of hydrogen-bond donors (Lipinski definition) is 2. The fourth-order valence-electron chi connectivity index (χ4n) is 10.3. The molecule has 7 saturated heterocycles. The summed E-state index contributed by atoms with van der Waals surface area (Å²) in [5.74, 6) is 1.77. The Labute approximate surface area is 278 Å². The van der Waals surface area contributed by atoms with Gasteiger partial charge in [0.05, 0.1) is 0 Å². The van der Waals surface area contributed by atoms with Gasteiger partial charge in [-0.15, -0.1) is 0 Å². The average Bonchev–Trinajstić information content (AvgIpc) is 3.90. The second-order valence-electron chi connectivity index (χ2n) is 16.1. The SMILES string of the molecule is CCCCC1CCN([P+]2(N3CCCC3)NP(C)(N3CCCC3)(N3CCCC3)N[P+](N3CCCC3)(N3CCC(C)CC3)N2C)CC1. The third kappa shape index (κ3) is 5.85.